The minimum Gasteiger partial charge on any atom is -0.296 e. The van der Waals surface area contributed by atoms with Crippen LogP contribution in [0.15, 0.2) is 66.2 Å². The molecule has 0 bridgehead atoms. The summed E-state index contributed by atoms with van der Waals surface area (Å²) in [6.45, 7) is 3.87. The molecule has 0 N–H and O–H groups in total. The Morgan fingerprint density at radius 1 is 1.08 bits per heavy atom. The molecule has 0 aliphatic heterocycles. The van der Waals surface area contributed by atoms with E-state index in [1.54, 1.807) is 30.3 Å². The smallest absolute Gasteiger partial charge is 0.176 e. The molecule has 2 unspecified atom stereocenters. The lowest BCUT2D eigenvalue weighted by molar-refractivity contribution is -0.121. The van der Waals surface area contributed by atoms with Gasteiger partial charge in [-0.25, -0.2) is 19.3 Å². The van der Waals surface area contributed by atoms with Gasteiger partial charge in [0.2, 0.25) is 0 Å². The molecule has 3 atom stereocenters. The normalized spacial score (nSPS) is 22.3. The van der Waals surface area contributed by atoms with Crippen LogP contribution in [0.25, 0.3) is 33.5 Å². The van der Waals surface area contributed by atoms with Crippen molar-refractivity contribution in [3.8, 4) is 28.7 Å². The van der Waals surface area contributed by atoms with Crippen LogP contribution in [0.5, 0.6) is 0 Å². The lowest BCUT2D eigenvalue weighted by Gasteiger charge is -2.45. The topological polar surface area (TPSA) is 96.6 Å². The quantitative estimate of drug-likeness (QED) is 0.329. The number of halogens is 1. The number of allylic oxidation sites excluding steroid dienone is 2. The summed E-state index contributed by atoms with van der Waals surface area (Å²) in [7, 11) is 0. The molecular formula is C31H23FN4O2. The van der Waals surface area contributed by atoms with Crippen LogP contribution in [-0.4, -0.2) is 27.0 Å². The van der Waals surface area contributed by atoms with E-state index in [9.17, 15) is 14.9 Å². The van der Waals surface area contributed by atoms with Gasteiger partial charge in [0.05, 0.1) is 22.5 Å². The molecule has 38 heavy (non-hydrogen) atoms. The number of rotatable bonds is 3. The number of hydrogen-bond donors (Lipinski definition) is 0. The first kappa shape index (κ1) is 23.8. The highest BCUT2D eigenvalue weighted by Gasteiger charge is 2.49. The molecule has 6 nitrogen and oxygen atoms in total. The van der Waals surface area contributed by atoms with E-state index in [2.05, 4.69) is 11.1 Å². The SMILES string of the molecule is CC1C(=O)C(C#N)=C[C@@]2(C)c3nc(-c4cc(C=O)nc5ccccc45)nc(-c4ccccc4F)c3CCC12. The monoisotopic (exact) mass is 502 g/mol. The number of nitrogens with zero attached hydrogens (tertiary/aromatic N) is 4. The van der Waals surface area contributed by atoms with Gasteiger partial charge in [-0.2, -0.15) is 5.26 Å². The van der Waals surface area contributed by atoms with E-state index in [0.717, 1.165) is 10.9 Å². The van der Waals surface area contributed by atoms with Gasteiger partial charge in [-0.05, 0) is 43.0 Å². The third-order valence-electron chi connectivity index (χ3n) is 8.07. The number of ketones is 1. The number of benzene rings is 2. The maximum Gasteiger partial charge on any atom is 0.176 e. The van der Waals surface area contributed by atoms with Crippen molar-refractivity contribution >= 4 is 23.0 Å². The van der Waals surface area contributed by atoms with Gasteiger partial charge < -0.3 is 0 Å². The summed E-state index contributed by atoms with van der Waals surface area (Å²) in [5.41, 5.74) is 3.16. The Labute approximate surface area is 218 Å². The van der Waals surface area contributed by atoms with Crippen molar-refractivity contribution in [2.24, 2.45) is 11.8 Å². The van der Waals surface area contributed by atoms with Crippen LogP contribution in [0, 0.1) is 29.0 Å². The van der Waals surface area contributed by atoms with Crippen LogP contribution in [-0.2, 0) is 16.6 Å². The molecule has 2 heterocycles. The molecule has 0 fully saturated rings. The molecule has 2 aliphatic rings. The Hall–Kier alpha value is -4.57. The Morgan fingerprint density at radius 2 is 1.84 bits per heavy atom. The van der Waals surface area contributed by atoms with Crippen LogP contribution in [0.4, 0.5) is 4.39 Å². The third kappa shape index (κ3) is 3.48. The first-order chi connectivity index (χ1) is 18.4. The molecule has 2 aliphatic carbocycles. The van der Waals surface area contributed by atoms with Gasteiger partial charge in [-0.1, -0.05) is 50.3 Å². The van der Waals surface area contributed by atoms with Gasteiger partial charge in [0.15, 0.2) is 17.9 Å². The second-order valence-corrected chi connectivity index (χ2v) is 10.2. The van der Waals surface area contributed by atoms with E-state index >= 15 is 4.39 Å². The van der Waals surface area contributed by atoms with Crippen molar-refractivity contribution in [1.29, 1.82) is 5.26 Å². The number of pyridine rings is 1. The second kappa shape index (κ2) is 8.77. The highest BCUT2D eigenvalue weighted by atomic mass is 19.1. The van der Waals surface area contributed by atoms with E-state index < -0.39 is 11.2 Å². The van der Waals surface area contributed by atoms with Crippen molar-refractivity contribution in [3.63, 3.8) is 0 Å². The fourth-order valence-electron chi connectivity index (χ4n) is 6.21. The van der Waals surface area contributed by atoms with Crippen LogP contribution in [0.2, 0.25) is 0 Å². The van der Waals surface area contributed by atoms with Crippen molar-refractivity contribution < 1.29 is 14.0 Å². The van der Waals surface area contributed by atoms with Crippen molar-refractivity contribution in [3.05, 3.63) is 89.0 Å². The number of fused-ring (bicyclic) bond motifs is 4. The van der Waals surface area contributed by atoms with Crippen LogP contribution >= 0.6 is 0 Å². The second-order valence-electron chi connectivity index (χ2n) is 10.2. The highest BCUT2D eigenvalue weighted by molar-refractivity contribution is 6.02. The Kier molecular flexibility index (Phi) is 5.50. The van der Waals surface area contributed by atoms with Gasteiger partial charge in [0.25, 0.3) is 0 Å². The van der Waals surface area contributed by atoms with E-state index in [0.29, 0.717) is 53.0 Å². The van der Waals surface area contributed by atoms with Gasteiger partial charge in [0, 0.05) is 33.4 Å². The summed E-state index contributed by atoms with van der Waals surface area (Å²) >= 11 is 0. The van der Waals surface area contributed by atoms with Crippen molar-refractivity contribution in [2.75, 3.05) is 0 Å². The lowest BCUT2D eigenvalue weighted by Crippen LogP contribution is -2.46. The molecule has 2 aromatic carbocycles. The molecule has 0 saturated heterocycles. The summed E-state index contributed by atoms with van der Waals surface area (Å²) in [5.74, 6) is -0.651. The van der Waals surface area contributed by atoms with Crippen LogP contribution < -0.4 is 0 Å². The number of aldehydes is 1. The van der Waals surface area contributed by atoms with E-state index in [4.69, 9.17) is 9.97 Å². The summed E-state index contributed by atoms with van der Waals surface area (Å²) in [6, 6.07) is 17.6. The van der Waals surface area contributed by atoms with Gasteiger partial charge in [-0.15, -0.1) is 0 Å². The van der Waals surface area contributed by atoms with E-state index in [-0.39, 0.29) is 28.9 Å². The molecular weight excluding hydrogens is 479 g/mol. The third-order valence-corrected chi connectivity index (χ3v) is 8.07. The summed E-state index contributed by atoms with van der Waals surface area (Å²) in [5, 5.41) is 10.5. The zero-order chi connectivity index (χ0) is 26.6. The molecule has 0 saturated carbocycles. The average Bonchev–Trinajstić information content (AvgIpc) is 2.94. The molecule has 2 aromatic heterocycles. The molecule has 7 heteroatoms. The first-order valence-corrected chi connectivity index (χ1v) is 12.5. The predicted octanol–water partition coefficient (Wildman–Crippen LogP) is 5.80. The standard InChI is InChI=1S/C31H23FN4O2/c1-17-24-12-11-22-27(21-8-3-5-9-25(21)32)35-30(36-29(22)31(24,2)14-18(15-33)28(17)38)23-13-19(16-37)34-26-10-6-4-7-20(23)26/h3-10,13-14,16-17,24H,11-12H2,1-2H3/t17?,24?,31-/m1/s1. The molecule has 6 rings (SSSR count). The molecule has 0 spiro atoms. The fraction of sp³-hybridized carbons (Fsp3) is 0.226. The molecule has 186 valence electrons. The van der Waals surface area contributed by atoms with Crippen molar-refractivity contribution in [2.45, 2.75) is 32.1 Å². The number of carbonyl (C=O) groups is 2. The van der Waals surface area contributed by atoms with Crippen LogP contribution in [0.1, 0.15) is 42.0 Å². The number of hydrogen-bond acceptors (Lipinski definition) is 6. The van der Waals surface area contributed by atoms with Crippen LogP contribution in [0.3, 0.4) is 0 Å². The van der Waals surface area contributed by atoms with Gasteiger partial charge >= 0.3 is 0 Å². The Balaban J connectivity index is 1.72. The Bertz CT molecular complexity index is 1740. The number of Topliss-reactive ketones (excluding diaryl/α,β-unsaturated/α-hetero) is 1. The number of para-hydroxylation sites is 1. The zero-order valence-corrected chi connectivity index (χ0v) is 20.9. The van der Waals surface area contributed by atoms with Gasteiger partial charge in [-0.3, -0.25) is 9.59 Å². The minimum atomic E-state index is -0.736. The summed E-state index contributed by atoms with van der Waals surface area (Å²) in [6.07, 6.45) is 3.67. The van der Waals surface area contributed by atoms with Gasteiger partial charge in [0.1, 0.15) is 17.6 Å². The summed E-state index contributed by atoms with van der Waals surface area (Å²) in [4.78, 5) is 39.0. The zero-order valence-electron chi connectivity index (χ0n) is 20.9. The lowest BCUT2D eigenvalue weighted by atomic mass is 9.57. The minimum absolute atomic E-state index is 0.0736. The molecule has 0 radical (unpaired) electrons. The average molecular weight is 503 g/mol. The van der Waals surface area contributed by atoms with Crippen molar-refractivity contribution in [1.82, 2.24) is 15.0 Å². The highest BCUT2D eigenvalue weighted by Crippen LogP contribution is 2.51. The summed E-state index contributed by atoms with van der Waals surface area (Å²) < 4.78 is 15.2. The van der Waals surface area contributed by atoms with E-state index in [1.165, 1.54) is 6.07 Å². The molecule has 0 amide bonds. The number of aromatic nitrogens is 3. The predicted molar refractivity (Wildman–Crippen MR) is 141 cm³/mol. The Morgan fingerprint density at radius 3 is 2.61 bits per heavy atom. The maximum atomic E-state index is 15.2. The first-order valence-electron chi connectivity index (χ1n) is 12.5. The van der Waals surface area contributed by atoms with E-state index in [1.807, 2.05) is 38.1 Å². The largest absolute Gasteiger partial charge is 0.296 e. The number of nitriles is 1. The maximum absolute atomic E-state index is 15.2. The number of carbonyl (C=O) groups excluding carboxylic acids is 2. The fourth-order valence-corrected chi connectivity index (χ4v) is 6.21. The molecule has 4 aromatic rings.